The maximum atomic E-state index is 3.27. The summed E-state index contributed by atoms with van der Waals surface area (Å²) in [5.41, 5.74) is 4.10. The van der Waals surface area contributed by atoms with Crippen LogP contribution in [0.15, 0.2) is 60.7 Å². The van der Waals surface area contributed by atoms with Gasteiger partial charge < -0.3 is 0 Å². The normalized spacial score (nSPS) is 8.36. The second-order valence-electron chi connectivity index (χ2n) is 3.96. The van der Waals surface area contributed by atoms with Gasteiger partial charge in [-0.1, -0.05) is 0 Å². The van der Waals surface area contributed by atoms with Crippen LogP contribution in [0, 0.1) is 24.3 Å². The number of hydrogen-bond donors (Lipinski definition) is 0. The molecule has 0 amide bonds. The molecule has 0 aliphatic rings. The summed E-state index contributed by atoms with van der Waals surface area (Å²) in [4.78, 5) is 0. The second kappa shape index (κ2) is 12.5. The molecule has 0 radical (unpaired) electrons. The van der Waals surface area contributed by atoms with Gasteiger partial charge in [-0.3, -0.25) is 0 Å². The summed E-state index contributed by atoms with van der Waals surface area (Å²) in [6, 6.07) is 32.6. The SMILES string of the molecule is [Li+].[Li+].[Li+].[Li+].[c-]1cc(-c2[c-]cccc2)[c-]cc1-c1[c-]cccc1. The molecule has 3 aromatic rings. The Morgan fingerprint density at radius 1 is 0.455 bits per heavy atom. The first kappa shape index (κ1) is 24.3. The van der Waals surface area contributed by atoms with Gasteiger partial charge in [0.2, 0.25) is 0 Å². The van der Waals surface area contributed by atoms with Gasteiger partial charge in [0, 0.05) is 0 Å². The Morgan fingerprint density at radius 2 is 0.864 bits per heavy atom. The molecular formula is C18H10Li4. The molecule has 0 N–H and O–H groups in total. The van der Waals surface area contributed by atoms with Crippen molar-refractivity contribution in [2.75, 3.05) is 0 Å². The van der Waals surface area contributed by atoms with Gasteiger partial charge in [-0.15, -0.1) is 12.1 Å². The molecule has 22 heavy (non-hydrogen) atoms. The summed E-state index contributed by atoms with van der Waals surface area (Å²) in [6.45, 7) is 0. The summed E-state index contributed by atoms with van der Waals surface area (Å²) in [5.74, 6) is 0. The van der Waals surface area contributed by atoms with E-state index in [1.54, 1.807) is 0 Å². The van der Waals surface area contributed by atoms with E-state index in [1.807, 2.05) is 60.7 Å². The van der Waals surface area contributed by atoms with Crippen molar-refractivity contribution in [1.82, 2.24) is 0 Å². The largest absolute Gasteiger partial charge is 1.00 e. The summed E-state index contributed by atoms with van der Waals surface area (Å²) in [5, 5.41) is 0. The molecular weight excluding hydrogens is 244 g/mol. The summed E-state index contributed by atoms with van der Waals surface area (Å²) < 4.78 is 0. The van der Waals surface area contributed by atoms with E-state index in [9.17, 15) is 0 Å². The molecule has 0 aromatic heterocycles. The van der Waals surface area contributed by atoms with Gasteiger partial charge in [0.1, 0.15) is 0 Å². The van der Waals surface area contributed by atoms with Crippen LogP contribution in [-0.4, -0.2) is 0 Å². The molecule has 0 aliphatic heterocycles. The summed E-state index contributed by atoms with van der Waals surface area (Å²) in [7, 11) is 0. The second-order valence-corrected chi connectivity index (χ2v) is 3.96. The molecule has 0 aliphatic carbocycles. The summed E-state index contributed by atoms with van der Waals surface area (Å²) in [6.07, 6.45) is 0. The predicted octanol–water partition coefficient (Wildman–Crippen LogP) is -7.76. The van der Waals surface area contributed by atoms with Crippen LogP contribution in [0.5, 0.6) is 0 Å². The van der Waals surface area contributed by atoms with Crippen LogP contribution < -0.4 is 75.4 Å². The molecule has 0 saturated heterocycles. The molecule has 0 atom stereocenters. The zero-order chi connectivity index (χ0) is 12.2. The van der Waals surface area contributed by atoms with Crippen molar-refractivity contribution in [1.29, 1.82) is 0 Å². The van der Waals surface area contributed by atoms with Crippen molar-refractivity contribution in [2.45, 2.75) is 0 Å². The fourth-order valence-electron chi connectivity index (χ4n) is 1.82. The first-order valence-electron chi connectivity index (χ1n) is 5.81. The fourth-order valence-corrected chi connectivity index (χ4v) is 1.82. The third-order valence-electron chi connectivity index (χ3n) is 2.74. The Morgan fingerprint density at radius 3 is 1.14 bits per heavy atom. The Bertz CT molecular complexity index is 564. The van der Waals surface area contributed by atoms with E-state index in [4.69, 9.17) is 0 Å². The van der Waals surface area contributed by atoms with Gasteiger partial charge in [0.05, 0.1) is 0 Å². The van der Waals surface area contributed by atoms with Crippen LogP contribution in [0.25, 0.3) is 22.3 Å². The Balaban J connectivity index is 0. The molecule has 0 unspecified atom stereocenters. The van der Waals surface area contributed by atoms with Gasteiger partial charge >= 0.3 is 75.4 Å². The molecule has 4 heteroatoms. The van der Waals surface area contributed by atoms with E-state index in [1.165, 1.54) is 0 Å². The van der Waals surface area contributed by atoms with E-state index in [2.05, 4.69) is 24.3 Å². The molecule has 0 fully saturated rings. The van der Waals surface area contributed by atoms with Crippen LogP contribution in [0.2, 0.25) is 0 Å². The van der Waals surface area contributed by atoms with Crippen molar-refractivity contribution in [3.63, 3.8) is 0 Å². The minimum Gasteiger partial charge on any atom is -0.247 e. The van der Waals surface area contributed by atoms with Crippen molar-refractivity contribution in [3.8, 4) is 22.3 Å². The van der Waals surface area contributed by atoms with Crippen molar-refractivity contribution >= 4 is 0 Å². The third-order valence-corrected chi connectivity index (χ3v) is 2.74. The zero-order valence-corrected chi connectivity index (χ0v) is 13.8. The van der Waals surface area contributed by atoms with Gasteiger partial charge in [0.15, 0.2) is 0 Å². The van der Waals surface area contributed by atoms with Crippen LogP contribution >= 0.6 is 0 Å². The van der Waals surface area contributed by atoms with Gasteiger partial charge in [-0.05, 0) is 0 Å². The van der Waals surface area contributed by atoms with Crippen LogP contribution in [0.4, 0.5) is 0 Å². The molecule has 0 bridgehead atoms. The molecule has 86 valence electrons. The maximum Gasteiger partial charge on any atom is 1.00 e. The standard InChI is InChI=1S/C18H10.4Li/c1-3-7-15(8-4-1)17-11-13-18(14-12-17)16-9-5-2-6-10-16;;;;/h1-7,9,11,14H;;;;/q-4;4*+1. The smallest absolute Gasteiger partial charge is 0.247 e. The first-order chi connectivity index (χ1) is 8.93. The van der Waals surface area contributed by atoms with Crippen LogP contribution in [-0.2, 0) is 0 Å². The predicted molar refractivity (Wildman–Crippen MR) is 72.7 cm³/mol. The molecule has 0 saturated carbocycles. The van der Waals surface area contributed by atoms with Gasteiger partial charge in [-0.25, -0.2) is 46.5 Å². The number of hydrogen-bond acceptors (Lipinski definition) is 0. The number of benzene rings is 3. The molecule has 0 heterocycles. The quantitative estimate of drug-likeness (QED) is 0.315. The average molecular weight is 254 g/mol. The topological polar surface area (TPSA) is 0 Å². The monoisotopic (exact) mass is 254 g/mol. The van der Waals surface area contributed by atoms with E-state index < -0.39 is 0 Å². The average Bonchev–Trinajstić information content (AvgIpc) is 2.49. The fraction of sp³-hybridized carbons (Fsp3) is 0. The summed E-state index contributed by atoms with van der Waals surface area (Å²) >= 11 is 0. The first-order valence-corrected chi connectivity index (χ1v) is 5.81. The van der Waals surface area contributed by atoms with E-state index >= 15 is 0 Å². The Hall–Kier alpha value is 0.0496. The Labute approximate surface area is 181 Å². The van der Waals surface area contributed by atoms with Crippen LogP contribution in [0.1, 0.15) is 0 Å². The van der Waals surface area contributed by atoms with Crippen molar-refractivity contribution < 1.29 is 75.4 Å². The Kier molecular flexibility index (Phi) is 13.8. The van der Waals surface area contributed by atoms with Crippen molar-refractivity contribution in [2.24, 2.45) is 0 Å². The molecule has 0 nitrogen and oxygen atoms in total. The number of rotatable bonds is 2. The van der Waals surface area contributed by atoms with Crippen LogP contribution in [0.3, 0.4) is 0 Å². The maximum absolute atomic E-state index is 3.27. The minimum absolute atomic E-state index is 0. The zero-order valence-electron chi connectivity index (χ0n) is 13.8. The third kappa shape index (κ3) is 6.28. The minimum atomic E-state index is 0. The van der Waals surface area contributed by atoms with Gasteiger partial charge in [0.25, 0.3) is 0 Å². The molecule has 3 aromatic carbocycles. The van der Waals surface area contributed by atoms with Gasteiger partial charge in [-0.2, -0.15) is 48.5 Å². The molecule has 0 spiro atoms. The van der Waals surface area contributed by atoms with E-state index in [0.29, 0.717) is 0 Å². The van der Waals surface area contributed by atoms with Crippen molar-refractivity contribution in [3.05, 3.63) is 84.9 Å². The van der Waals surface area contributed by atoms with E-state index in [0.717, 1.165) is 22.3 Å². The molecule has 3 rings (SSSR count). The van der Waals surface area contributed by atoms with E-state index in [-0.39, 0.29) is 75.4 Å².